The third-order valence-corrected chi connectivity index (χ3v) is 4.09. The van der Waals surface area contributed by atoms with Gasteiger partial charge in [-0.15, -0.1) is 0 Å². The molecule has 0 saturated heterocycles. The molecular weight excluding hydrogens is 269 g/mol. The van der Waals surface area contributed by atoms with Gasteiger partial charge in [-0.25, -0.2) is 4.98 Å². The lowest BCUT2D eigenvalue weighted by molar-refractivity contribution is 0.229. The van der Waals surface area contributed by atoms with Crippen LogP contribution in [0.5, 0.6) is 0 Å². The summed E-state index contributed by atoms with van der Waals surface area (Å²) < 4.78 is 0. The summed E-state index contributed by atoms with van der Waals surface area (Å²) in [5.41, 5.74) is 6.08. The van der Waals surface area contributed by atoms with E-state index in [0.717, 1.165) is 12.8 Å². The van der Waals surface area contributed by atoms with Crippen molar-refractivity contribution in [3.05, 3.63) is 16.1 Å². The number of pyridine rings is 1. The molecule has 1 aliphatic carbocycles. The van der Waals surface area contributed by atoms with E-state index in [4.69, 9.17) is 28.9 Å². The number of hydrogen-bond donors (Lipinski definition) is 2. The lowest BCUT2D eigenvalue weighted by atomic mass is 9.75. The number of halogens is 2. The monoisotopic (exact) mass is 287 g/mol. The van der Waals surface area contributed by atoms with E-state index in [-0.39, 0.29) is 0 Å². The van der Waals surface area contributed by atoms with Crippen molar-refractivity contribution in [2.75, 3.05) is 11.1 Å². The molecule has 1 atom stereocenters. The third-order valence-electron chi connectivity index (χ3n) is 3.50. The highest BCUT2D eigenvalue weighted by atomic mass is 35.5. The number of nitrogen functional groups attached to an aromatic ring is 1. The summed E-state index contributed by atoms with van der Waals surface area (Å²) in [5, 5.41) is 4.31. The van der Waals surface area contributed by atoms with E-state index in [2.05, 4.69) is 24.1 Å². The lowest BCUT2D eigenvalue weighted by Crippen LogP contribution is -2.32. The van der Waals surface area contributed by atoms with Gasteiger partial charge in [0, 0.05) is 6.04 Å². The molecule has 100 valence electrons. The van der Waals surface area contributed by atoms with Gasteiger partial charge in [0.15, 0.2) is 0 Å². The Hall–Kier alpha value is -0.670. The van der Waals surface area contributed by atoms with Crippen molar-refractivity contribution in [3.63, 3.8) is 0 Å². The van der Waals surface area contributed by atoms with Crippen LogP contribution in [0, 0.1) is 5.41 Å². The molecule has 1 unspecified atom stereocenters. The molecule has 3 N–H and O–H groups in total. The van der Waals surface area contributed by atoms with Gasteiger partial charge in [-0.1, -0.05) is 43.5 Å². The second-order valence-corrected chi connectivity index (χ2v) is 6.60. The Morgan fingerprint density at radius 3 is 2.78 bits per heavy atom. The fraction of sp³-hybridized carbons (Fsp3) is 0.615. The highest BCUT2D eigenvalue weighted by molar-refractivity contribution is 6.37. The van der Waals surface area contributed by atoms with Crippen LogP contribution in [0.1, 0.15) is 39.5 Å². The van der Waals surface area contributed by atoms with Gasteiger partial charge in [0.2, 0.25) is 0 Å². The molecule has 0 spiro atoms. The molecule has 0 aromatic carbocycles. The van der Waals surface area contributed by atoms with Crippen LogP contribution in [-0.4, -0.2) is 11.0 Å². The summed E-state index contributed by atoms with van der Waals surface area (Å²) in [4.78, 5) is 4.22. The largest absolute Gasteiger partial charge is 0.382 e. The molecule has 0 radical (unpaired) electrons. The minimum atomic E-state index is 0.318. The van der Waals surface area contributed by atoms with Crippen LogP contribution in [0.25, 0.3) is 0 Å². The Morgan fingerprint density at radius 1 is 1.39 bits per heavy atom. The second kappa shape index (κ2) is 5.14. The summed E-state index contributed by atoms with van der Waals surface area (Å²) in [6.07, 6.45) is 4.76. The SMILES string of the molecule is CC1(C)CCCC(Nc2nc(N)c(Cl)cc2Cl)C1. The predicted octanol–water partition coefficient (Wildman–Crippen LogP) is 4.35. The van der Waals surface area contributed by atoms with Gasteiger partial charge in [-0.05, 0) is 30.7 Å². The molecule has 0 amide bonds. The maximum Gasteiger partial charge on any atom is 0.147 e. The van der Waals surface area contributed by atoms with Crippen LogP contribution in [0.15, 0.2) is 6.07 Å². The molecule has 18 heavy (non-hydrogen) atoms. The average Bonchev–Trinajstić information content (AvgIpc) is 2.24. The summed E-state index contributed by atoms with van der Waals surface area (Å²) in [5.74, 6) is 0.958. The van der Waals surface area contributed by atoms with Crippen molar-refractivity contribution in [1.29, 1.82) is 0 Å². The zero-order chi connectivity index (χ0) is 13.3. The first-order valence-electron chi connectivity index (χ1n) is 6.25. The molecule has 1 aliphatic rings. The molecular formula is C13H19Cl2N3. The van der Waals surface area contributed by atoms with Gasteiger partial charge < -0.3 is 11.1 Å². The summed E-state index contributed by atoms with van der Waals surface area (Å²) in [6.45, 7) is 4.60. The van der Waals surface area contributed by atoms with Crippen LogP contribution in [0.3, 0.4) is 0 Å². The van der Waals surface area contributed by atoms with Gasteiger partial charge in [-0.2, -0.15) is 0 Å². The molecule has 3 nitrogen and oxygen atoms in total. The Bertz CT molecular complexity index is 446. The fourth-order valence-corrected chi connectivity index (χ4v) is 3.01. The van der Waals surface area contributed by atoms with Crippen molar-refractivity contribution >= 4 is 34.8 Å². The fourth-order valence-electron chi connectivity index (χ4n) is 2.60. The second-order valence-electron chi connectivity index (χ2n) is 5.79. The maximum atomic E-state index is 6.13. The number of nitrogens with one attached hydrogen (secondary N) is 1. The van der Waals surface area contributed by atoms with Crippen LogP contribution in [0.2, 0.25) is 10.0 Å². The third kappa shape index (κ3) is 3.21. The van der Waals surface area contributed by atoms with E-state index in [1.807, 2.05) is 0 Å². The Labute approximate surface area is 118 Å². The molecule has 0 bridgehead atoms. The first-order valence-corrected chi connectivity index (χ1v) is 7.01. The summed E-state index contributed by atoms with van der Waals surface area (Å²) in [6, 6.07) is 2.04. The first kappa shape index (κ1) is 13.8. The number of hydrogen-bond acceptors (Lipinski definition) is 3. The van der Waals surface area contributed by atoms with E-state index in [1.165, 1.54) is 12.8 Å². The molecule has 1 aromatic rings. The van der Waals surface area contributed by atoms with Gasteiger partial charge in [0.05, 0.1) is 10.0 Å². The first-order chi connectivity index (χ1) is 8.37. The molecule has 1 heterocycles. The van der Waals surface area contributed by atoms with E-state index in [1.54, 1.807) is 6.07 Å². The number of aromatic nitrogens is 1. The number of nitrogens with zero attached hydrogens (tertiary/aromatic N) is 1. The van der Waals surface area contributed by atoms with Crippen molar-refractivity contribution in [1.82, 2.24) is 4.98 Å². The Kier molecular flexibility index (Phi) is 3.93. The highest BCUT2D eigenvalue weighted by Crippen LogP contribution is 2.37. The van der Waals surface area contributed by atoms with Crippen molar-refractivity contribution < 1.29 is 0 Å². The molecule has 1 saturated carbocycles. The molecule has 1 fully saturated rings. The van der Waals surface area contributed by atoms with Gasteiger partial charge in [0.25, 0.3) is 0 Å². The number of rotatable bonds is 2. The molecule has 1 aromatic heterocycles. The molecule has 0 aliphatic heterocycles. The zero-order valence-corrected chi connectivity index (χ0v) is 12.3. The van der Waals surface area contributed by atoms with Crippen molar-refractivity contribution in [2.45, 2.75) is 45.6 Å². The van der Waals surface area contributed by atoms with E-state index in [0.29, 0.717) is 33.1 Å². The molecule has 2 rings (SSSR count). The van der Waals surface area contributed by atoms with Gasteiger partial charge >= 0.3 is 0 Å². The van der Waals surface area contributed by atoms with E-state index in [9.17, 15) is 0 Å². The zero-order valence-electron chi connectivity index (χ0n) is 10.8. The smallest absolute Gasteiger partial charge is 0.147 e. The van der Waals surface area contributed by atoms with Crippen LogP contribution < -0.4 is 11.1 Å². The normalized spacial score (nSPS) is 22.8. The van der Waals surface area contributed by atoms with E-state index >= 15 is 0 Å². The van der Waals surface area contributed by atoms with E-state index < -0.39 is 0 Å². The number of anilines is 2. The van der Waals surface area contributed by atoms with Crippen LogP contribution >= 0.6 is 23.2 Å². The summed E-state index contributed by atoms with van der Waals surface area (Å²) in [7, 11) is 0. The van der Waals surface area contributed by atoms with Crippen LogP contribution in [0.4, 0.5) is 11.6 Å². The quantitative estimate of drug-likeness (QED) is 0.850. The maximum absolute atomic E-state index is 6.13. The standard InChI is InChI=1S/C13H19Cl2N3/c1-13(2)5-3-4-8(7-13)17-12-10(15)6-9(14)11(16)18-12/h6,8H,3-5,7H2,1-2H3,(H3,16,17,18). The minimum absolute atomic E-state index is 0.318. The minimum Gasteiger partial charge on any atom is -0.382 e. The highest BCUT2D eigenvalue weighted by Gasteiger charge is 2.28. The predicted molar refractivity (Wildman–Crippen MR) is 78.3 cm³/mol. The average molecular weight is 288 g/mol. The Morgan fingerprint density at radius 2 is 2.11 bits per heavy atom. The Balaban J connectivity index is 2.12. The van der Waals surface area contributed by atoms with Gasteiger partial charge in [0.1, 0.15) is 11.6 Å². The summed E-state index contributed by atoms with van der Waals surface area (Å²) >= 11 is 12.0. The van der Waals surface area contributed by atoms with Crippen molar-refractivity contribution in [2.24, 2.45) is 5.41 Å². The lowest BCUT2D eigenvalue weighted by Gasteiger charge is -2.35. The molecule has 5 heteroatoms. The number of nitrogens with two attached hydrogens (primary N) is 1. The topological polar surface area (TPSA) is 50.9 Å². The van der Waals surface area contributed by atoms with Gasteiger partial charge in [-0.3, -0.25) is 0 Å². The van der Waals surface area contributed by atoms with Crippen LogP contribution in [-0.2, 0) is 0 Å². The van der Waals surface area contributed by atoms with Crippen molar-refractivity contribution in [3.8, 4) is 0 Å².